The van der Waals surface area contributed by atoms with E-state index in [1.807, 2.05) is 11.5 Å². The van der Waals surface area contributed by atoms with Crippen LogP contribution in [0.2, 0.25) is 0 Å². The largest absolute Gasteiger partial charge is 0.453 e. The number of methoxy groups -OCH3 is 1. The molecule has 0 radical (unpaired) electrons. The van der Waals surface area contributed by atoms with Crippen molar-refractivity contribution in [1.82, 2.24) is 4.57 Å². The summed E-state index contributed by atoms with van der Waals surface area (Å²) in [6, 6.07) is 13.7. The predicted octanol–water partition coefficient (Wildman–Crippen LogP) is 5.74. The summed E-state index contributed by atoms with van der Waals surface area (Å²) in [5.74, 6) is 0.0118. The number of anilines is 1. The first-order valence-electron chi connectivity index (χ1n) is 8.55. The van der Waals surface area contributed by atoms with Crippen molar-refractivity contribution in [3.05, 3.63) is 48.0 Å². The van der Waals surface area contributed by atoms with E-state index in [1.54, 1.807) is 30.3 Å². The second-order valence-electron chi connectivity index (χ2n) is 6.00. The Morgan fingerprint density at radius 2 is 1.97 bits per heavy atom. The van der Waals surface area contributed by atoms with E-state index in [0.717, 1.165) is 28.2 Å². The molecule has 0 aliphatic heterocycles. The molecule has 2 aromatic carbocycles. The van der Waals surface area contributed by atoms with E-state index in [4.69, 9.17) is 0 Å². The van der Waals surface area contributed by atoms with E-state index in [0.29, 0.717) is 34.4 Å². The lowest BCUT2D eigenvalue weighted by Crippen LogP contribution is -2.14. The molecule has 9 heteroatoms. The minimum atomic E-state index is -3.33. The van der Waals surface area contributed by atoms with Crippen LogP contribution in [0.3, 0.4) is 0 Å². The van der Waals surface area contributed by atoms with Crippen LogP contribution in [0.15, 0.2) is 42.5 Å². The standard InChI is InChI=1S/C20H16F2IN3O3/c1-3-26-17-10-14(29-20(21,22)23)8-9-15(17)16(11-24)18(26)12-4-6-13(7-5-12)25-19(27)28-2/h4-10H,3H2,1-2H3,(H,25,27). The van der Waals surface area contributed by atoms with Crippen LogP contribution < -0.4 is 10.1 Å². The molecule has 1 aromatic heterocycles. The van der Waals surface area contributed by atoms with Crippen LogP contribution in [0.25, 0.3) is 22.2 Å². The number of hydrogen-bond donors (Lipinski definition) is 1. The summed E-state index contributed by atoms with van der Waals surface area (Å²) in [6.07, 6.45) is -0.585. The molecule has 1 heterocycles. The molecule has 1 N–H and O–H groups in total. The van der Waals surface area contributed by atoms with Gasteiger partial charge in [0.1, 0.15) is 11.8 Å². The zero-order chi connectivity index (χ0) is 21.2. The average molecular weight is 511 g/mol. The maximum Gasteiger partial charge on any atom is 0.451 e. The van der Waals surface area contributed by atoms with Crippen molar-refractivity contribution < 1.29 is 23.0 Å². The number of aryl methyl sites for hydroxylation is 1. The Labute approximate surface area is 179 Å². The normalized spacial score (nSPS) is 11.2. The number of fused-ring (bicyclic) bond motifs is 1. The molecule has 3 aromatic rings. The summed E-state index contributed by atoms with van der Waals surface area (Å²) in [4.78, 5) is 11.3. The quantitative estimate of drug-likeness (QED) is 0.350. The number of halogens is 3. The Morgan fingerprint density at radius 1 is 1.28 bits per heavy atom. The summed E-state index contributed by atoms with van der Waals surface area (Å²) >= 11 is 0.911. The molecule has 1 amide bonds. The molecule has 0 unspecified atom stereocenters. The third-order valence-electron chi connectivity index (χ3n) is 4.29. The number of rotatable bonds is 5. The average Bonchev–Trinajstić information content (AvgIpc) is 2.99. The van der Waals surface area contributed by atoms with Gasteiger partial charge in [0, 0.05) is 23.7 Å². The Kier molecular flexibility index (Phi) is 5.93. The molecule has 0 aliphatic rings. The highest BCUT2D eigenvalue weighted by molar-refractivity contribution is 14.1. The van der Waals surface area contributed by atoms with Crippen LogP contribution in [0.1, 0.15) is 12.5 Å². The molecule has 6 nitrogen and oxygen atoms in total. The van der Waals surface area contributed by atoms with Gasteiger partial charge in [0.2, 0.25) is 0 Å². The first-order chi connectivity index (χ1) is 13.8. The summed E-state index contributed by atoms with van der Waals surface area (Å²) in [7, 11) is 1.27. The van der Waals surface area contributed by atoms with Gasteiger partial charge in [-0.25, -0.2) is 4.79 Å². The summed E-state index contributed by atoms with van der Waals surface area (Å²) in [5, 5.41) is 13.0. The number of ether oxygens (including phenoxy) is 2. The van der Waals surface area contributed by atoms with Crippen LogP contribution in [0, 0.1) is 11.3 Å². The fourth-order valence-electron chi connectivity index (χ4n) is 3.15. The van der Waals surface area contributed by atoms with Crippen molar-refractivity contribution >= 4 is 45.3 Å². The number of aromatic nitrogens is 1. The number of nitrogens with zero attached hydrogens (tertiary/aromatic N) is 2. The number of amides is 1. The van der Waals surface area contributed by atoms with Crippen molar-refractivity contribution in [2.75, 3.05) is 12.4 Å². The molecule has 29 heavy (non-hydrogen) atoms. The highest BCUT2D eigenvalue weighted by Gasteiger charge is 2.27. The van der Waals surface area contributed by atoms with Gasteiger partial charge in [-0.1, -0.05) is 12.1 Å². The summed E-state index contributed by atoms with van der Waals surface area (Å²) < 4.78 is 34.2. The zero-order valence-electron chi connectivity index (χ0n) is 15.5. The molecular weight excluding hydrogens is 495 g/mol. The Bertz CT molecular complexity index is 1100. The van der Waals surface area contributed by atoms with E-state index in [1.165, 1.54) is 19.2 Å². The van der Waals surface area contributed by atoms with Crippen LogP contribution in [0.5, 0.6) is 5.75 Å². The van der Waals surface area contributed by atoms with Gasteiger partial charge in [0.15, 0.2) is 0 Å². The fourth-order valence-corrected chi connectivity index (χ4v) is 3.40. The van der Waals surface area contributed by atoms with Gasteiger partial charge in [0.25, 0.3) is 0 Å². The van der Waals surface area contributed by atoms with Gasteiger partial charge in [-0.15, -0.1) is 0 Å². The molecule has 0 aliphatic carbocycles. The number of carbonyl (C=O) groups excluding carboxylic acids is 1. The Hall–Kier alpha value is -2.87. The third kappa shape index (κ3) is 4.42. The highest BCUT2D eigenvalue weighted by atomic mass is 127. The van der Waals surface area contributed by atoms with E-state index in [2.05, 4.69) is 20.9 Å². The summed E-state index contributed by atoms with van der Waals surface area (Å²) in [5.41, 5.74) is 3.00. The lowest BCUT2D eigenvalue weighted by Gasteiger charge is -2.12. The minimum Gasteiger partial charge on any atom is -0.453 e. The van der Waals surface area contributed by atoms with Gasteiger partial charge in [-0.3, -0.25) is 5.32 Å². The number of benzene rings is 2. The van der Waals surface area contributed by atoms with E-state index < -0.39 is 10.2 Å². The van der Waals surface area contributed by atoms with Gasteiger partial charge in [-0.2, -0.15) is 14.0 Å². The van der Waals surface area contributed by atoms with Crippen LogP contribution in [0.4, 0.5) is 19.3 Å². The lowest BCUT2D eigenvalue weighted by atomic mass is 10.1. The molecule has 150 valence electrons. The first-order valence-corrected chi connectivity index (χ1v) is 9.62. The molecule has 0 bridgehead atoms. The molecule has 0 saturated carbocycles. The van der Waals surface area contributed by atoms with Crippen molar-refractivity contribution in [3.63, 3.8) is 0 Å². The van der Waals surface area contributed by atoms with Gasteiger partial charge < -0.3 is 14.0 Å². The monoisotopic (exact) mass is 511 g/mol. The van der Waals surface area contributed by atoms with E-state index in [-0.39, 0.29) is 5.75 Å². The molecule has 3 rings (SSSR count). The second kappa shape index (κ2) is 8.24. The maximum absolute atomic E-state index is 13.2. The molecule has 0 saturated heterocycles. The third-order valence-corrected chi connectivity index (χ3v) is 4.51. The Balaban J connectivity index is 2.12. The van der Waals surface area contributed by atoms with Crippen molar-refractivity contribution in [1.29, 1.82) is 5.26 Å². The number of nitrogens with one attached hydrogen (secondary N) is 1. The highest BCUT2D eigenvalue weighted by Crippen LogP contribution is 2.37. The van der Waals surface area contributed by atoms with Gasteiger partial charge in [0.05, 0.1) is 46.5 Å². The summed E-state index contributed by atoms with van der Waals surface area (Å²) in [6.45, 7) is 2.41. The first kappa shape index (κ1) is 20.9. The van der Waals surface area contributed by atoms with Crippen LogP contribution in [-0.2, 0) is 11.3 Å². The number of alkyl halides is 3. The van der Waals surface area contributed by atoms with Crippen molar-refractivity contribution in [2.24, 2.45) is 0 Å². The SMILES string of the molecule is CCn1c(-c2ccc(NC(=O)OC)cc2)c(C#N)c2ccc(OC(F)(F)I)cc21. The Morgan fingerprint density at radius 3 is 2.52 bits per heavy atom. The smallest absolute Gasteiger partial charge is 0.451 e. The second-order valence-corrected chi connectivity index (χ2v) is 7.26. The van der Waals surface area contributed by atoms with Gasteiger partial charge in [-0.05, 0) is 36.8 Å². The van der Waals surface area contributed by atoms with Crippen molar-refractivity contribution in [2.45, 2.75) is 17.6 Å². The number of hydrogen-bond acceptors (Lipinski definition) is 4. The number of nitriles is 1. The van der Waals surface area contributed by atoms with Crippen LogP contribution in [-0.4, -0.2) is 21.9 Å². The predicted molar refractivity (Wildman–Crippen MR) is 113 cm³/mol. The topological polar surface area (TPSA) is 76.3 Å². The molecular formula is C20H16F2IN3O3. The molecule has 0 atom stereocenters. The van der Waals surface area contributed by atoms with E-state index >= 15 is 0 Å². The van der Waals surface area contributed by atoms with Crippen molar-refractivity contribution in [3.8, 4) is 23.1 Å². The van der Waals surface area contributed by atoms with Crippen LogP contribution >= 0.6 is 22.6 Å². The molecule has 0 spiro atoms. The van der Waals surface area contributed by atoms with E-state index in [9.17, 15) is 18.8 Å². The zero-order valence-corrected chi connectivity index (χ0v) is 17.7. The minimum absolute atomic E-state index is 0.0118. The number of carbonyl (C=O) groups is 1. The molecule has 0 fully saturated rings. The maximum atomic E-state index is 13.2. The fraction of sp³-hybridized carbons (Fsp3) is 0.200. The lowest BCUT2D eigenvalue weighted by molar-refractivity contribution is -0.0690. The van der Waals surface area contributed by atoms with Gasteiger partial charge >= 0.3 is 10.2 Å².